The van der Waals surface area contributed by atoms with Gasteiger partial charge in [-0.1, -0.05) is 30.3 Å². The van der Waals surface area contributed by atoms with E-state index >= 15 is 0 Å². The van der Waals surface area contributed by atoms with Crippen LogP contribution in [-0.4, -0.2) is 38.7 Å². The van der Waals surface area contributed by atoms with Crippen LogP contribution in [0.2, 0.25) is 0 Å². The highest BCUT2D eigenvalue weighted by molar-refractivity contribution is 5.95. The number of fused-ring (bicyclic) bond motifs is 1. The number of benzene rings is 2. The van der Waals surface area contributed by atoms with Gasteiger partial charge in [0.15, 0.2) is 0 Å². The molecular formula is C24H23FN4O. The number of aromatic nitrogens is 3. The van der Waals surface area contributed by atoms with Gasteiger partial charge in [-0.3, -0.25) is 4.79 Å². The minimum atomic E-state index is -0.359. The molecule has 5 nitrogen and oxygen atoms in total. The molecule has 30 heavy (non-hydrogen) atoms. The van der Waals surface area contributed by atoms with E-state index in [9.17, 15) is 9.18 Å². The van der Waals surface area contributed by atoms with Crippen LogP contribution >= 0.6 is 0 Å². The fraction of sp³-hybridized carbons (Fsp3) is 0.250. The van der Waals surface area contributed by atoms with Crippen molar-refractivity contribution in [1.29, 1.82) is 0 Å². The first-order valence-electron chi connectivity index (χ1n) is 10.3. The molecule has 6 heteroatoms. The first-order valence-corrected chi connectivity index (χ1v) is 10.3. The normalized spacial score (nSPS) is 15.1. The van der Waals surface area contributed by atoms with Crippen LogP contribution in [0.25, 0.3) is 16.6 Å². The highest BCUT2D eigenvalue weighted by atomic mass is 19.1. The Labute approximate surface area is 174 Å². The van der Waals surface area contributed by atoms with E-state index in [2.05, 4.69) is 34.5 Å². The number of hydrogen-bond donors (Lipinski definition) is 1. The maximum absolute atomic E-state index is 14.2. The smallest absolute Gasteiger partial charge is 0.257 e. The van der Waals surface area contributed by atoms with E-state index < -0.39 is 0 Å². The number of aromatic amines is 1. The van der Waals surface area contributed by atoms with Gasteiger partial charge < -0.3 is 9.88 Å². The van der Waals surface area contributed by atoms with Crippen molar-refractivity contribution in [1.82, 2.24) is 19.7 Å². The topological polar surface area (TPSA) is 53.9 Å². The highest BCUT2D eigenvalue weighted by Gasteiger charge is 2.28. The van der Waals surface area contributed by atoms with Gasteiger partial charge in [-0.2, -0.15) is 5.10 Å². The van der Waals surface area contributed by atoms with E-state index in [1.54, 1.807) is 24.4 Å². The zero-order chi connectivity index (χ0) is 20.7. The lowest BCUT2D eigenvalue weighted by Gasteiger charge is -2.32. The molecule has 1 amide bonds. The van der Waals surface area contributed by atoms with Crippen molar-refractivity contribution in [3.63, 3.8) is 0 Å². The summed E-state index contributed by atoms with van der Waals surface area (Å²) in [5, 5.41) is 5.55. The third-order valence-electron chi connectivity index (χ3n) is 6.16. The largest absolute Gasteiger partial charge is 0.361 e. The molecule has 0 unspecified atom stereocenters. The van der Waals surface area contributed by atoms with Crippen LogP contribution in [-0.2, 0) is 0 Å². The van der Waals surface area contributed by atoms with E-state index in [0.717, 1.165) is 18.4 Å². The number of rotatable bonds is 3. The van der Waals surface area contributed by atoms with Crippen LogP contribution in [0.15, 0.2) is 60.9 Å². The molecule has 1 saturated heterocycles. The minimum Gasteiger partial charge on any atom is -0.361 e. The molecule has 1 fully saturated rings. The number of H-pyrrole nitrogens is 1. The van der Waals surface area contributed by atoms with Crippen LogP contribution in [0.5, 0.6) is 0 Å². The summed E-state index contributed by atoms with van der Waals surface area (Å²) >= 11 is 0. The molecule has 0 aliphatic carbocycles. The molecule has 0 spiro atoms. The lowest BCUT2D eigenvalue weighted by molar-refractivity contribution is 0.0712. The molecule has 0 bridgehead atoms. The Morgan fingerprint density at radius 1 is 1.10 bits per heavy atom. The number of carbonyl (C=O) groups is 1. The van der Waals surface area contributed by atoms with Gasteiger partial charge in [0.25, 0.3) is 5.91 Å². The number of nitrogens with zero attached hydrogens (tertiary/aromatic N) is 3. The minimum absolute atomic E-state index is 0.0348. The van der Waals surface area contributed by atoms with E-state index in [-0.39, 0.29) is 11.7 Å². The van der Waals surface area contributed by atoms with Gasteiger partial charge in [-0.05, 0) is 49.4 Å². The standard InChI is InChI=1S/C24H23FN4O/c1-16-19(15-27-29(16)23-9-5-3-7-21(23)25)24(30)28-12-10-17(11-13-28)20-14-26-22-8-4-2-6-18(20)22/h2-9,14-15,17,26H,10-13H2,1H3. The molecule has 1 aliphatic rings. The third-order valence-corrected chi connectivity index (χ3v) is 6.16. The van der Waals surface area contributed by atoms with E-state index in [4.69, 9.17) is 0 Å². The number of piperidine rings is 1. The van der Waals surface area contributed by atoms with Crippen molar-refractivity contribution >= 4 is 16.8 Å². The molecule has 1 aliphatic heterocycles. The van der Waals surface area contributed by atoms with Crippen molar-refractivity contribution in [2.75, 3.05) is 13.1 Å². The number of likely N-dealkylation sites (tertiary alicyclic amines) is 1. The summed E-state index contributed by atoms with van der Waals surface area (Å²) < 4.78 is 15.7. The molecule has 0 atom stereocenters. The van der Waals surface area contributed by atoms with Crippen LogP contribution in [0.1, 0.15) is 40.4 Å². The molecule has 5 rings (SSSR count). The number of hydrogen-bond acceptors (Lipinski definition) is 2. The maximum Gasteiger partial charge on any atom is 0.257 e. The lowest BCUT2D eigenvalue weighted by Crippen LogP contribution is -2.38. The molecule has 4 aromatic rings. The summed E-state index contributed by atoms with van der Waals surface area (Å²) in [4.78, 5) is 18.4. The summed E-state index contributed by atoms with van der Waals surface area (Å²) in [7, 11) is 0. The molecule has 1 N–H and O–H groups in total. The molecule has 3 heterocycles. The number of carbonyl (C=O) groups excluding carboxylic acids is 1. The van der Waals surface area contributed by atoms with Crippen molar-refractivity contribution < 1.29 is 9.18 Å². The summed E-state index contributed by atoms with van der Waals surface area (Å²) in [5.74, 6) is 0.0437. The van der Waals surface area contributed by atoms with Gasteiger partial charge in [-0.25, -0.2) is 9.07 Å². The summed E-state index contributed by atoms with van der Waals surface area (Å²) in [6.07, 6.45) is 5.51. The first kappa shape index (κ1) is 18.6. The maximum atomic E-state index is 14.2. The SMILES string of the molecule is Cc1c(C(=O)N2CCC(c3c[nH]c4ccccc34)CC2)cnn1-c1ccccc1F. The van der Waals surface area contributed by atoms with Crippen LogP contribution in [0.4, 0.5) is 4.39 Å². The molecular weight excluding hydrogens is 379 g/mol. The summed E-state index contributed by atoms with van der Waals surface area (Å²) in [5.41, 5.74) is 4.03. The zero-order valence-corrected chi connectivity index (χ0v) is 16.8. The number of para-hydroxylation sites is 2. The quantitative estimate of drug-likeness (QED) is 0.534. The summed E-state index contributed by atoms with van der Waals surface area (Å²) in [6, 6.07) is 14.8. The second-order valence-electron chi connectivity index (χ2n) is 7.86. The number of amides is 1. The van der Waals surface area contributed by atoms with Gasteiger partial charge in [0, 0.05) is 30.2 Å². The monoisotopic (exact) mass is 402 g/mol. The second-order valence-corrected chi connectivity index (χ2v) is 7.86. The lowest BCUT2D eigenvalue weighted by atomic mass is 9.89. The molecule has 0 radical (unpaired) electrons. The average molecular weight is 402 g/mol. The second kappa shape index (κ2) is 7.44. The van der Waals surface area contributed by atoms with Gasteiger partial charge in [-0.15, -0.1) is 0 Å². The average Bonchev–Trinajstić information content (AvgIpc) is 3.37. The Balaban J connectivity index is 1.32. The zero-order valence-electron chi connectivity index (χ0n) is 16.8. The number of halogens is 1. The third kappa shape index (κ3) is 3.09. The molecule has 0 saturated carbocycles. The Morgan fingerprint density at radius 3 is 2.63 bits per heavy atom. The van der Waals surface area contributed by atoms with Gasteiger partial charge in [0.05, 0.1) is 17.5 Å². The molecule has 2 aromatic heterocycles. The Bertz CT molecular complexity index is 1220. The Morgan fingerprint density at radius 2 is 1.83 bits per heavy atom. The van der Waals surface area contributed by atoms with Crippen LogP contribution < -0.4 is 0 Å². The van der Waals surface area contributed by atoms with E-state index in [0.29, 0.717) is 36.0 Å². The van der Waals surface area contributed by atoms with E-state index in [1.165, 1.54) is 21.7 Å². The van der Waals surface area contributed by atoms with Crippen LogP contribution in [0, 0.1) is 12.7 Å². The predicted octanol–water partition coefficient (Wildman–Crippen LogP) is 4.82. The van der Waals surface area contributed by atoms with Gasteiger partial charge in [0.1, 0.15) is 11.5 Å². The Kier molecular flexibility index (Phi) is 4.62. The fourth-order valence-corrected chi connectivity index (χ4v) is 4.48. The van der Waals surface area contributed by atoms with E-state index in [1.807, 2.05) is 17.9 Å². The Hall–Kier alpha value is -3.41. The van der Waals surface area contributed by atoms with Crippen molar-refractivity contribution in [2.45, 2.75) is 25.7 Å². The fourth-order valence-electron chi connectivity index (χ4n) is 4.48. The van der Waals surface area contributed by atoms with Crippen molar-refractivity contribution in [3.05, 3.63) is 83.6 Å². The predicted molar refractivity (Wildman–Crippen MR) is 114 cm³/mol. The first-order chi connectivity index (χ1) is 14.6. The van der Waals surface area contributed by atoms with Gasteiger partial charge in [0.2, 0.25) is 0 Å². The molecule has 2 aromatic carbocycles. The van der Waals surface area contributed by atoms with Crippen molar-refractivity contribution in [3.8, 4) is 5.69 Å². The molecule has 152 valence electrons. The number of nitrogens with one attached hydrogen (secondary N) is 1. The highest BCUT2D eigenvalue weighted by Crippen LogP contribution is 2.33. The summed E-state index contributed by atoms with van der Waals surface area (Å²) in [6.45, 7) is 3.21. The van der Waals surface area contributed by atoms with Gasteiger partial charge >= 0.3 is 0 Å². The van der Waals surface area contributed by atoms with Crippen LogP contribution in [0.3, 0.4) is 0 Å². The van der Waals surface area contributed by atoms with Crippen molar-refractivity contribution in [2.24, 2.45) is 0 Å².